The molecule has 1 aliphatic rings. The number of fused-ring (bicyclic) bond motifs is 1. The van der Waals surface area contributed by atoms with Crippen molar-refractivity contribution >= 4 is 17.1 Å². The first kappa shape index (κ1) is 13.4. The highest BCUT2D eigenvalue weighted by molar-refractivity contribution is 7.10. The molecule has 0 spiro atoms. The molecule has 3 aromatic rings. The summed E-state index contributed by atoms with van der Waals surface area (Å²) in [4.78, 5) is 13.6. The maximum atomic E-state index is 14.0. The molecule has 2 aromatic heterocycles. The van der Waals surface area contributed by atoms with Gasteiger partial charge in [0.1, 0.15) is 11.5 Å². The third-order valence-corrected chi connectivity index (χ3v) is 5.10. The van der Waals surface area contributed by atoms with Crippen LogP contribution in [-0.2, 0) is 6.42 Å². The van der Waals surface area contributed by atoms with E-state index in [4.69, 9.17) is 0 Å². The van der Waals surface area contributed by atoms with E-state index in [1.807, 2.05) is 11.4 Å². The molecule has 3 nitrogen and oxygen atoms in total. The SMILES string of the molecule is O=C1C[C@H](c2cccs2)Cc2c1cnn2-c1ccccc1F. The molecular formula is C17H13FN2OS. The van der Waals surface area contributed by atoms with E-state index in [1.165, 1.54) is 10.9 Å². The number of para-hydroxylation sites is 1. The Morgan fingerprint density at radius 2 is 2.05 bits per heavy atom. The third kappa shape index (κ3) is 2.09. The van der Waals surface area contributed by atoms with E-state index in [2.05, 4.69) is 11.2 Å². The summed E-state index contributed by atoms with van der Waals surface area (Å²) in [7, 11) is 0. The number of halogens is 1. The zero-order chi connectivity index (χ0) is 15.1. The van der Waals surface area contributed by atoms with Gasteiger partial charge in [-0.1, -0.05) is 18.2 Å². The fourth-order valence-corrected chi connectivity index (χ4v) is 3.83. The van der Waals surface area contributed by atoms with Gasteiger partial charge in [-0.05, 0) is 30.0 Å². The van der Waals surface area contributed by atoms with Crippen LogP contribution in [0, 0.1) is 5.82 Å². The van der Waals surface area contributed by atoms with Crippen molar-refractivity contribution in [3.05, 3.63) is 69.9 Å². The van der Waals surface area contributed by atoms with Gasteiger partial charge in [0, 0.05) is 17.2 Å². The molecule has 0 bridgehead atoms. The quantitative estimate of drug-likeness (QED) is 0.717. The predicted octanol–water partition coefficient (Wildman–Crippen LogP) is 3.99. The number of ketones is 1. The van der Waals surface area contributed by atoms with Crippen molar-refractivity contribution in [1.29, 1.82) is 0 Å². The Labute approximate surface area is 131 Å². The fraction of sp³-hybridized carbons (Fsp3) is 0.176. The molecule has 2 heterocycles. The van der Waals surface area contributed by atoms with Crippen LogP contribution in [0.15, 0.2) is 48.0 Å². The van der Waals surface area contributed by atoms with Crippen LogP contribution in [0.2, 0.25) is 0 Å². The largest absolute Gasteiger partial charge is 0.294 e. The van der Waals surface area contributed by atoms with Gasteiger partial charge < -0.3 is 0 Å². The second kappa shape index (κ2) is 5.18. The van der Waals surface area contributed by atoms with Gasteiger partial charge in [-0.25, -0.2) is 9.07 Å². The summed E-state index contributed by atoms with van der Waals surface area (Å²) in [5, 5.41) is 6.27. The molecule has 5 heteroatoms. The van der Waals surface area contributed by atoms with E-state index < -0.39 is 0 Å². The molecule has 0 saturated carbocycles. The Morgan fingerprint density at radius 3 is 2.82 bits per heavy atom. The second-order valence-electron chi connectivity index (χ2n) is 5.41. The van der Waals surface area contributed by atoms with Crippen LogP contribution in [0.1, 0.15) is 33.3 Å². The Hall–Kier alpha value is -2.27. The molecule has 0 saturated heterocycles. The van der Waals surface area contributed by atoms with Crippen molar-refractivity contribution in [3.8, 4) is 5.69 Å². The highest BCUT2D eigenvalue weighted by Gasteiger charge is 2.30. The molecule has 0 aliphatic heterocycles. The molecule has 0 amide bonds. The first-order valence-corrected chi connectivity index (χ1v) is 8.00. The summed E-state index contributed by atoms with van der Waals surface area (Å²) in [5.41, 5.74) is 1.82. The first-order chi connectivity index (χ1) is 10.7. The summed E-state index contributed by atoms with van der Waals surface area (Å²) >= 11 is 1.66. The van der Waals surface area contributed by atoms with E-state index >= 15 is 0 Å². The van der Waals surface area contributed by atoms with Gasteiger partial charge >= 0.3 is 0 Å². The van der Waals surface area contributed by atoms with Crippen LogP contribution >= 0.6 is 11.3 Å². The first-order valence-electron chi connectivity index (χ1n) is 7.12. The van der Waals surface area contributed by atoms with Gasteiger partial charge in [-0.2, -0.15) is 5.10 Å². The molecule has 0 N–H and O–H groups in total. The zero-order valence-electron chi connectivity index (χ0n) is 11.7. The average Bonchev–Trinajstić information content (AvgIpc) is 3.17. The van der Waals surface area contributed by atoms with E-state index in [-0.39, 0.29) is 17.5 Å². The fourth-order valence-electron chi connectivity index (χ4n) is 3.00. The Balaban J connectivity index is 1.80. The van der Waals surface area contributed by atoms with Crippen LogP contribution in [0.4, 0.5) is 4.39 Å². The molecule has 1 aliphatic carbocycles. The molecule has 0 fully saturated rings. The minimum absolute atomic E-state index is 0.0854. The highest BCUT2D eigenvalue weighted by atomic mass is 32.1. The minimum Gasteiger partial charge on any atom is -0.294 e. The summed E-state index contributed by atoms with van der Waals surface area (Å²) < 4.78 is 15.6. The highest BCUT2D eigenvalue weighted by Crippen LogP contribution is 2.35. The van der Waals surface area contributed by atoms with Gasteiger partial charge in [-0.15, -0.1) is 11.3 Å². The maximum Gasteiger partial charge on any atom is 0.166 e. The van der Waals surface area contributed by atoms with Crippen LogP contribution in [0.3, 0.4) is 0 Å². The summed E-state index contributed by atoms with van der Waals surface area (Å²) in [6, 6.07) is 10.6. The topological polar surface area (TPSA) is 34.9 Å². The molecular weight excluding hydrogens is 299 g/mol. The molecule has 22 heavy (non-hydrogen) atoms. The van der Waals surface area contributed by atoms with Crippen molar-refractivity contribution in [2.24, 2.45) is 0 Å². The number of nitrogens with zero attached hydrogens (tertiary/aromatic N) is 2. The van der Waals surface area contributed by atoms with Gasteiger partial charge in [0.25, 0.3) is 0 Å². The van der Waals surface area contributed by atoms with Gasteiger partial charge in [0.2, 0.25) is 0 Å². The van der Waals surface area contributed by atoms with Crippen molar-refractivity contribution in [2.75, 3.05) is 0 Å². The van der Waals surface area contributed by atoms with E-state index in [1.54, 1.807) is 40.4 Å². The number of thiophene rings is 1. The number of hydrogen-bond donors (Lipinski definition) is 0. The number of hydrogen-bond acceptors (Lipinski definition) is 3. The molecule has 4 rings (SSSR count). The Bertz CT molecular complexity index is 838. The number of carbonyl (C=O) groups excluding carboxylic acids is 1. The maximum absolute atomic E-state index is 14.0. The lowest BCUT2D eigenvalue weighted by Crippen LogP contribution is -2.19. The van der Waals surface area contributed by atoms with E-state index in [0.717, 1.165) is 5.69 Å². The van der Waals surface area contributed by atoms with Gasteiger partial charge in [0.15, 0.2) is 5.78 Å². The zero-order valence-corrected chi connectivity index (χ0v) is 12.5. The minimum atomic E-state index is -0.334. The number of carbonyl (C=O) groups is 1. The lowest BCUT2D eigenvalue weighted by atomic mass is 9.86. The van der Waals surface area contributed by atoms with Gasteiger partial charge in [-0.3, -0.25) is 4.79 Å². The molecule has 1 aromatic carbocycles. The monoisotopic (exact) mass is 312 g/mol. The standard InChI is InChI=1S/C17H13FN2OS/c18-13-4-1-2-5-14(13)20-15-8-11(17-6-3-7-22-17)9-16(21)12(15)10-19-20/h1-7,10-11H,8-9H2/t11-/m1/s1. The second-order valence-corrected chi connectivity index (χ2v) is 6.39. The summed E-state index contributed by atoms with van der Waals surface area (Å²) in [6.45, 7) is 0. The number of aromatic nitrogens is 2. The van der Waals surface area contributed by atoms with Gasteiger partial charge in [0.05, 0.1) is 17.5 Å². The Kier molecular flexibility index (Phi) is 3.15. The lowest BCUT2D eigenvalue weighted by molar-refractivity contribution is 0.0964. The molecule has 110 valence electrons. The van der Waals surface area contributed by atoms with E-state index in [0.29, 0.717) is 24.1 Å². The Morgan fingerprint density at radius 1 is 1.18 bits per heavy atom. The average molecular weight is 312 g/mol. The number of Topliss-reactive ketones (excluding diaryl/α,β-unsaturated/α-hetero) is 1. The van der Waals surface area contributed by atoms with Crippen molar-refractivity contribution in [3.63, 3.8) is 0 Å². The van der Waals surface area contributed by atoms with Crippen molar-refractivity contribution in [1.82, 2.24) is 9.78 Å². The van der Waals surface area contributed by atoms with Crippen LogP contribution in [0.25, 0.3) is 5.69 Å². The lowest BCUT2D eigenvalue weighted by Gasteiger charge is -2.21. The summed E-state index contributed by atoms with van der Waals surface area (Å²) in [6.07, 6.45) is 2.77. The number of benzene rings is 1. The van der Waals surface area contributed by atoms with Crippen LogP contribution in [0.5, 0.6) is 0 Å². The third-order valence-electron chi connectivity index (χ3n) is 4.07. The van der Waals surface area contributed by atoms with Crippen molar-refractivity contribution in [2.45, 2.75) is 18.8 Å². The molecule has 0 radical (unpaired) electrons. The normalized spacial score (nSPS) is 17.5. The van der Waals surface area contributed by atoms with Crippen LogP contribution in [-0.4, -0.2) is 15.6 Å². The number of rotatable bonds is 2. The smallest absolute Gasteiger partial charge is 0.166 e. The van der Waals surface area contributed by atoms with E-state index in [9.17, 15) is 9.18 Å². The van der Waals surface area contributed by atoms with Crippen LogP contribution < -0.4 is 0 Å². The summed E-state index contributed by atoms with van der Waals surface area (Å²) in [5.74, 6) is -0.0939. The van der Waals surface area contributed by atoms with Crippen molar-refractivity contribution < 1.29 is 9.18 Å². The molecule has 1 atom stereocenters. The molecule has 0 unspecified atom stereocenters. The predicted molar refractivity (Wildman–Crippen MR) is 83.2 cm³/mol.